The van der Waals surface area contributed by atoms with Gasteiger partial charge in [0.15, 0.2) is 0 Å². The maximum atomic E-state index is 6.32. The highest BCUT2D eigenvalue weighted by atomic mass is 127. The molecule has 0 amide bonds. The highest BCUT2D eigenvalue weighted by Crippen LogP contribution is 2.25. The van der Waals surface area contributed by atoms with E-state index in [0.717, 1.165) is 29.9 Å². The van der Waals surface area contributed by atoms with Gasteiger partial charge in [0.1, 0.15) is 5.75 Å². The fraction of sp³-hybridized carbons (Fsp3) is 0.250. The van der Waals surface area contributed by atoms with Gasteiger partial charge >= 0.3 is 0 Å². The molecule has 0 aliphatic carbocycles. The number of rotatable bonds is 5. The van der Waals surface area contributed by atoms with Crippen LogP contribution in [-0.2, 0) is 0 Å². The first kappa shape index (κ1) is 14.3. The lowest BCUT2D eigenvalue weighted by Crippen LogP contribution is -2.13. The second kappa shape index (κ2) is 6.91. The van der Waals surface area contributed by atoms with Crippen molar-refractivity contribution >= 4 is 22.6 Å². The van der Waals surface area contributed by atoms with E-state index in [-0.39, 0.29) is 6.04 Å². The summed E-state index contributed by atoms with van der Waals surface area (Å²) in [5.41, 5.74) is 8.58. The Bertz CT molecular complexity index is 525. The van der Waals surface area contributed by atoms with Gasteiger partial charge in [0.05, 0.1) is 12.6 Å². The molecule has 0 fully saturated rings. The van der Waals surface area contributed by atoms with E-state index in [0.29, 0.717) is 0 Å². The highest BCUT2D eigenvalue weighted by Gasteiger charge is 2.11. The highest BCUT2D eigenvalue weighted by molar-refractivity contribution is 14.1. The molecule has 19 heavy (non-hydrogen) atoms. The normalized spacial score (nSPS) is 12.2. The summed E-state index contributed by atoms with van der Waals surface area (Å²) in [5, 5.41) is 0. The van der Waals surface area contributed by atoms with Gasteiger partial charge in [-0.1, -0.05) is 37.3 Å². The van der Waals surface area contributed by atoms with E-state index in [2.05, 4.69) is 41.6 Å². The van der Waals surface area contributed by atoms with E-state index in [1.54, 1.807) is 0 Å². The number of benzene rings is 2. The van der Waals surface area contributed by atoms with Gasteiger partial charge < -0.3 is 10.5 Å². The van der Waals surface area contributed by atoms with Gasteiger partial charge in [-0.15, -0.1) is 0 Å². The van der Waals surface area contributed by atoms with Crippen LogP contribution in [0.5, 0.6) is 5.75 Å². The van der Waals surface area contributed by atoms with Crippen LogP contribution in [0.2, 0.25) is 0 Å². The Morgan fingerprint density at radius 3 is 2.42 bits per heavy atom. The summed E-state index contributed by atoms with van der Waals surface area (Å²) in [4.78, 5) is 0. The molecule has 0 radical (unpaired) electrons. The van der Waals surface area contributed by atoms with Crippen molar-refractivity contribution in [3.8, 4) is 5.75 Å². The molecule has 2 nitrogen and oxygen atoms in total. The fourth-order valence-corrected chi connectivity index (χ4v) is 2.62. The summed E-state index contributed by atoms with van der Waals surface area (Å²) in [6.45, 7) is 2.85. The van der Waals surface area contributed by atoms with E-state index < -0.39 is 0 Å². The maximum Gasteiger partial charge on any atom is 0.119 e. The maximum absolute atomic E-state index is 6.32. The first-order valence-corrected chi connectivity index (χ1v) is 7.53. The van der Waals surface area contributed by atoms with Gasteiger partial charge in [-0.25, -0.2) is 0 Å². The standard InChI is InChI=1S/C16H18INO/c1-2-11-19-13-9-7-12(8-10-13)16(18)14-5-3-4-6-15(14)17/h3-10,16H,2,11,18H2,1H3. The summed E-state index contributed by atoms with van der Waals surface area (Å²) in [5.74, 6) is 0.903. The second-order valence-corrected chi connectivity index (χ2v) is 5.58. The molecule has 0 bridgehead atoms. The Kier molecular flexibility index (Phi) is 5.22. The minimum atomic E-state index is -0.0895. The van der Waals surface area contributed by atoms with Crippen LogP contribution in [-0.4, -0.2) is 6.61 Å². The minimum absolute atomic E-state index is 0.0895. The molecule has 2 N–H and O–H groups in total. The summed E-state index contributed by atoms with van der Waals surface area (Å²) in [6, 6.07) is 16.2. The average molecular weight is 367 g/mol. The van der Waals surface area contributed by atoms with Crippen molar-refractivity contribution in [1.82, 2.24) is 0 Å². The van der Waals surface area contributed by atoms with E-state index in [9.17, 15) is 0 Å². The number of ether oxygens (including phenoxy) is 1. The SMILES string of the molecule is CCCOc1ccc(C(N)c2ccccc2I)cc1. The van der Waals surface area contributed by atoms with Gasteiger partial charge in [0.2, 0.25) is 0 Å². The van der Waals surface area contributed by atoms with Gasteiger partial charge in [0.25, 0.3) is 0 Å². The molecule has 0 heterocycles. The molecule has 2 aromatic rings. The minimum Gasteiger partial charge on any atom is -0.494 e. The zero-order valence-electron chi connectivity index (χ0n) is 11.0. The van der Waals surface area contributed by atoms with Crippen LogP contribution in [0.1, 0.15) is 30.5 Å². The quantitative estimate of drug-likeness (QED) is 0.807. The Hall–Kier alpha value is -1.07. The molecule has 2 rings (SSSR count). The Labute approximate surface area is 128 Å². The van der Waals surface area contributed by atoms with Crippen LogP contribution in [0.15, 0.2) is 48.5 Å². The largest absolute Gasteiger partial charge is 0.494 e. The summed E-state index contributed by atoms with van der Waals surface area (Å²) in [7, 11) is 0. The monoisotopic (exact) mass is 367 g/mol. The van der Waals surface area contributed by atoms with E-state index in [1.165, 1.54) is 3.57 Å². The third kappa shape index (κ3) is 3.70. The molecule has 0 saturated carbocycles. The number of halogens is 1. The molecule has 100 valence electrons. The van der Waals surface area contributed by atoms with Crippen molar-refractivity contribution in [3.63, 3.8) is 0 Å². The summed E-state index contributed by atoms with van der Waals surface area (Å²) in [6.07, 6.45) is 1.02. The third-order valence-electron chi connectivity index (χ3n) is 2.95. The van der Waals surface area contributed by atoms with E-state index >= 15 is 0 Å². The molecule has 0 aliphatic rings. The van der Waals surface area contributed by atoms with Crippen molar-refractivity contribution in [2.45, 2.75) is 19.4 Å². The predicted octanol–water partition coefficient (Wildman–Crippen LogP) is 4.13. The lowest BCUT2D eigenvalue weighted by molar-refractivity contribution is 0.317. The number of hydrogen-bond donors (Lipinski definition) is 1. The first-order valence-electron chi connectivity index (χ1n) is 6.45. The first-order chi connectivity index (χ1) is 9.22. The van der Waals surface area contributed by atoms with Gasteiger partial charge in [-0.05, 0) is 58.3 Å². The zero-order chi connectivity index (χ0) is 13.7. The van der Waals surface area contributed by atoms with Crippen molar-refractivity contribution < 1.29 is 4.74 Å². The van der Waals surface area contributed by atoms with Gasteiger partial charge in [-0.3, -0.25) is 0 Å². The smallest absolute Gasteiger partial charge is 0.119 e. The van der Waals surface area contributed by atoms with Crippen molar-refractivity contribution in [3.05, 3.63) is 63.2 Å². The van der Waals surface area contributed by atoms with Crippen molar-refractivity contribution in [2.75, 3.05) is 6.61 Å². The second-order valence-electron chi connectivity index (χ2n) is 4.42. The average Bonchev–Trinajstić information content (AvgIpc) is 2.45. The zero-order valence-corrected chi connectivity index (χ0v) is 13.1. The summed E-state index contributed by atoms with van der Waals surface area (Å²) >= 11 is 2.32. The Morgan fingerprint density at radius 1 is 1.11 bits per heavy atom. The lowest BCUT2D eigenvalue weighted by atomic mass is 10.00. The van der Waals surface area contributed by atoms with Crippen LogP contribution < -0.4 is 10.5 Å². The summed E-state index contributed by atoms with van der Waals surface area (Å²) < 4.78 is 6.77. The molecule has 3 heteroatoms. The topological polar surface area (TPSA) is 35.2 Å². The van der Waals surface area contributed by atoms with Crippen LogP contribution >= 0.6 is 22.6 Å². The van der Waals surface area contributed by atoms with Crippen LogP contribution in [0.3, 0.4) is 0 Å². The molecular formula is C16H18INO. The lowest BCUT2D eigenvalue weighted by Gasteiger charge is -2.15. The number of nitrogens with two attached hydrogens (primary N) is 1. The van der Waals surface area contributed by atoms with Crippen LogP contribution in [0.25, 0.3) is 0 Å². The molecule has 0 aromatic heterocycles. The van der Waals surface area contributed by atoms with E-state index in [1.807, 2.05) is 36.4 Å². The molecule has 1 atom stereocenters. The molecule has 0 spiro atoms. The van der Waals surface area contributed by atoms with Gasteiger partial charge in [0, 0.05) is 3.57 Å². The van der Waals surface area contributed by atoms with Crippen molar-refractivity contribution in [2.24, 2.45) is 5.73 Å². The Morgan fingerprint density at radius 2 is 1.79 bits per heavy atom. The number of hydrogen-bond acceptors (Lipinski definition) is 2. The molecule has 2 aromatic carbocycles. The molecule has 0 saturated heterocycles. The van der Waals surface area contributed by atoms with Crippen molar-refractivity contribution in [1.29, 1.82) is 0 Å². The van der Waals surface area contributed by atoms with Crippen LogP contribution in [0.4, 0.5) is 0 Å². The molecular weight excluding hydrogens is 349 g/mol. The van der Waals surface area contributed by atoms with Gasteiger partial charge in [-0.2, -0.15) is 0 Å². The Balaban J connectivity index is 2.16. The fourth-order valence-electron chi connectivity index (χ4n) is 1.90. The molecule has 0 aliphatic heterocycles. The van der Waals surface area contributed by atoms with Crippen LogP contribution in [0, 0.1) is 3.57 Å². The molecule has 1 unspecified atom stereocenters. The third-order valence-corrected chi connectivity index (χ3v) is 3.93. The predicted molar refractivity (Wildman–Crippen MR) is 87.4 cm³/mol. The van der Waals surface area contributed by atoms with E-state index in [4.69, 9.17) is 10.5 Å².